The molecule has 0 aliphatic heterocycles. The molecule has 0 unspecified atom stereocenters. The molecule has 0 atom stereocenters. The van der Waals surface area contributed by atoms with Crippen molar-refractivity contribution in [3.63, 3.8) is 0 Å². The van der Waals surface area contributed by atoms with Crippen LogP contribution in [0.15, 0.2) is 54.2 Å². The van der Waals surface area contributed by atoms with Crippen molar-refractivity contribution in [1.29, 1.82) is 0 Å². The van der Waals surface area contributed by atoms with Gasteiger partial charge >= 0.3 is 5.97 Å². The maximum atomic E-state index is 11.9. The number of hydrogen-bond acceptors (Lipinski definition) is 6. The average molecular weight is 388 g/mol. The average Bonchev–Trinajstić information content (AvgIpc) is 3.11. The first kappa shape index (κ1) is 18.0. The minimum Gasteiger partial charge on any atom is -0.455 e. The van der Waals surface area contributed by atoms with E-state index in [1.165, 1.54) is 11.3 Å². The molecule has 0 bridgehead atoms. The van der Waals surface area contributed by atoms with E-state index >= 15 is 0 Å². The number of pyridine rings is 1. The number of aromatic nitrogens is 2. The lowest BCUT2D eigenvalue weighted by Crippen LogP contribution is -2.21. The normalized spacial score (nSPS) is 10.3. The zero-order valence-electron chi connectivity index (χ0n) is 13.5. The summed E-state index contributed by atoms with van der Waals surface area (Å²) in [7, 11) is 0. The van der Waals surface area contributed by atoms with Crippen LogP contribution in [0.4, 0.5) is 5.69 Å². The number of carbonyl (C=O) groups is 2. The Morgan fingerprint density at radius 3 is 2.73 bits per heavy atom. The second kappa shape index (κ2) is 8.55. The predicted octanol–water partition coefficient (Wildman–Crippen LogP) is 3.58. The van der Waals surface area contributed by atoms with Crippen LogP contribution in [0.2, 0.25) is 5.02 Å². The van der Waals surface area contributed by atoms with Gasteiger partial charge in [-0.3, -0.25) is 14.6 Å². The van der Waals surface area contributed by atoms with Crippen molar-refractivity contribution >= 4 is 40.5 Å². The number of halogens is 1. The Morgan fingerprint density at radius 1 is 1.19 bits per heavy atom. The van der Waals surface area contributed by atoms with E-state index in [9.17, 15) is 9.59 Å². The molecule has 2 aromatic heterocycles. The second-order valence-corrected chi connectivity index (χ2v) is 6.57. The van der Waals surface area contributed by atoms with E-state index in [0.717, 1.165) is 10.6 Å². The van der Waals surface area contributed by atoms with E-state index in [1.807, 2.05) is 12.1 Å². The van der Waals surface area contributed by atoms with Crippen molar-refractivity contribution in [3.05, 3.63) is 64.9 Å². The lowest BCUT2D eigenvalue weighted by Gasteiger charge is -2.06. The Balaban J connectivity index is 1.47. The summed E-state index contributed by atoms with van der Waals surface area (Å²) in [5, 5.41) is 5.76. The number of carbonyl (C=O) groups excluding carboxylic acids is 2. The first-order chi connectivity index (χ1) is 12.6. The third-order valence-electron chi connectivity index (χ3n) is 3.28. The zero-order chi connectivity index (χ0) is 18.4. The number of amides is 1. The minimum atomic E-state index is -0.515. The molecule has 1 aromatic carbocycles. The van der Waals surface area contributed by atoms with E-state index < -0.39 is 11.9 Å². The van der Waals surface area contributed by atoms with Crippen molar-refractivity contribution < 1.29 is 14.3 Å². The molecular weight excluding hydrogens is 374 g/mol. The van der Waals surface area contributed by atoms with Gasteiger partial charge in [-0.05, 0) is 36.4 Å². The van der Waals surface area contributed by atoms with Crippen LogP contribution in [0.5, 0.6) is 0 Å². The van der Waals surface area contributed by atoms with Gasteiger partial charge in [-0.25, -0.2) is 4.98 Å². The van der Waals surface area contributed by atoms with Crippen LogP contribution in [0, 0.1) is 0 Å². The molecule has 0 saturated heterocycles. The zero-order valence-corrected chi connectivity index (χ0v) is 15.1. The van der Waals surface area contributed by atoms with Gasteiger partial charge in [0.1, 0.15) is 5.01 Å². The number of hydrogen-bond donors (Lipinski definition) is 1. The van der Waals surface area contributed by atoms with Crippen molar-refractivity contribution in [1.82, 2.24) is 9.97 Å². The highest BCUT2D eigenvalue weighted by atomic mass is 35.5. The van der Waals surface area contributed by atoms with Crippen LogP contribution in [0.25, 0.3) is 10.6 Å². The van der Waals surface area contributed by atoms with E-state index in [4.69, 9.17) is 16.3 Å². The smallest absolute Gasteiger partial charge is 0.312 e. The molecule has 3 rings (SSSR count). The molecule has 132 valence electrons. The number of nitrogens with one attached hydrogen (secondary N) is 1. The molecule has 6 nitrogen and oxygen atoms in total. The molecule has 0 aliphatic carbocycles. The van der Waals surface area contributed by atoms with Crippen LogP contribution in [-0.4, -0.2) is 28.5 Å². The van der Waals surface area contributed by atoms with Gasteiger partial charge < -0.3 is 10.1 Å². The van der Waals surface area contributed by atoms with Gasteiger partial charge in [-0.1, -0.05) is 11.6 Å². The number of ether oxygens (including phenoxy) is 1. The summed E-state index contributed by atoms with van der Waals surface area (Å²) in [6, 6.07) is 10.4. The molecular formula is C18H14ClN3O3S. The summed E-state index contributed by atoms with van der Waals surface area (Å²) in [6.07, 6.45) is 3.40. The molecule has 2 heterocycles. The number of rotatable bonds is 6. The summed E-state index contributed by atoms with van der Waals surface area (Å²) < 4.78 is 4.99. The Morgan fingerprint density at radius 2 is 2.00 bits per heavy atom. The van der Waals surface area contributed by atoms with Crippen LogP contribution in [0.3, 0.4) is 0 Å². The lowest BCUT2D eigenvalue weighted by atomic mass is 10.3. The van der Waals surface area contributed by atoms with Crippen molar-refractivity contribution in [3.8, 4) is 10.6 Å². The Bertz CT molecular complexity index is 898. The number of benzene rings is 1. The van der Waals surface area contributed by atoms with Gasteiger partial charge in [0.25, 0.3) is 5.91 Å². The van der Waals surface area contributed by atoms with Crippen molar-refractivity contribution in [2.45, 2.75) is 6.42 Å². The maximum absolute atomic E-state index is 11.9. The Labute approximate surface area is 158 Å². The Kier molecular flexibility index (Phi) is 5.93. The van der Waals surface area contributed by atoms with Crippen LogP contribution < -0.4 is 5.32 Å². The summed E-state index contributed by atoms with van der Waals surface area (Å²) >= 11 is 7.20. The summed E-state index contributed by atoms with van der Waals surface area (Å²) in [4.78, 5) is 32.1. The SMILES string of the molecule is O=C(COC(=O)Cc1csc(-c2cccnc2)n1)Nc1ccc(Cl)cc1. The number of nitrogens with zero attached hydrogens (tertiary/aromatic N) is 2. The largest absolute Gasteiger partial charge is 0.455 e. The van der Waals surface area contributed by atoms with Gasteiger partial charge in [-0.15, -0.1) is 11.3 Å². The predicted molar refractivity (Wildman–Crippen MR) is 100 cm³/mol. The van der Waals surface area contributed by atoms with Crippen molar-refractivity contribution in [2.75, 3.05) is 11.9 Å². The number of esters is 1. The fraction of sp³-hybridized carbons (Fsp3) is 0.111. The summed E-state index contributed by atoms with van der Waals surface area (Å²) in [5.41, 5.74) is 2.06. The van der Waals surface area contributed by atoms with Crippen LogP contribution in [0.1, 0.15) is 5.69 Å². The van der Waals surface area contributed by atoms with Crippen LogP contribution in [-0.2, 0) is 20.7 Å². The molecule has 0 radical (unpaired) electrons. The molecule has 0 saturated carbocycles. The molecule has 1 amide bonds. The van der Waals surface area contributed by atoms with Crippen LogP contribution >= 0.6 is 22.9 Å². The molecule has 8 heteroatoms. The molecule has 0 aliphatic rings. The van der Waals surface area contributed by atoms with Gasteiger partial charge in [-0.2, -0.15) is 0 Å². The summed E-state index contributed by atoms with van der Waals surface area (Å²) in [6.45, 7) is -0.360. The fourth-order valence-corrected chi connectivity index (χ4v) is 3.02. The topological polar surface area (TPSA) is 81.2 Å². The second-order valence-electron chi connectivity index (χ2n) is 5.28. The third kappa shape index (κ3) is 5.11. The van der Waals surface area contributed by atoms with E-state index in [1.54, 1.807) is 42.0 Å². The lowest BCUT2D eigenvalue weighted by molar-refractivity contribution is -0.146. The highest BCUT2D eigenvalue weighted by Gasteiger charge is 2.12. The van der Waals surface area contributed by atoms with Gasteiger partial charge in [0, 0.05) is 34.0 Å². The minimum absolute atomic E-state index is 0.00495. The molecule has 0 spiro atoms. The molecule has 1 N–H and O–H groups in total. The highest BCUT2D eigenvalue weighted by Crippen LogP contribution is 2.22. The van der Waals surface area contributed by atoms with Gasteiger partial charge in [0.15, 0.2) is 6.61 Å². The first-order valence-electron chi connectivity index (χ1n) is 7.66. The number of thiazole rings is 1. The Hall–Kier alpha value is -2.77. The molecule has 3 aromatic rings. The van der Waals surface area contributed by atoms with E-state index in [0.29, 0.717) is 16.4 Å². The van der Waals surface area contributed by atoms with Gasteiger partial charge in [0.2, 0.25) is 0 Å². The maximum Gasteiger partial charge on any atom is 0.312 e. The summed E-state index contributed by atoms with van der Waals surface area (Å²) in [5.74, 6) is -0.936. The third-order valence-corrected chi connectivity index (χ3v) is 4.47. The molecule has 26 heavy (non-hydrogen) atoms. The van der Waals surface area contributed by atoms with Crippen molar-refractivity contribution in [2.24, 2.45) is 0 Å². The first-order valence-corrected chi connectivity index (χ1v) is 8.92. The standard InChI is InChI=1S/C18H14ClN3O3S/c19-13-3-5-14(6-4-13)21-16(23)10-25-17(24)8-15-11-26-18(22-15)12-2-1-7-20-9-12/h1-7,9,11H,8,10H2,(H,21,23). The highest BCUT2D eigenvalue weighted by molar-refractivity contribution is 7.13. The van der Waals surface area contributed by atoms with Gasteiger partial charge in [0.05, 0.1) is 12.1 Å². The number of anilines is 1. The van der Waals surface area contributed by atoms with E-state index in [-0.39, 0.29) is 13.0 Å². The fourth-order valence-electron chi connectivity index (χ4n) is 2.09. The monoisotopic (exact) mass is 387 g/mol. The van der Waals surface area contributed by atoms with E-state index in [2.05, 4.69) is 15.3 Å². The quantitative estimate of drug-likeness (QED) is 0.654. The molecule has 0 fully saturated rings.